The van der Waals surface area contributed by atoms with Gasteiger partial charge in [-0.2, -0.15) is 0 Å². The summed E-state index contributed by atoms with van der Waals surface area (Å²) >= 11 is 0. The molecule has 0 saturated heterocycles. The van der Waals surface area contributed by atoms with Gasteiger partial charge < -0.3 is 16.0 Å². The van der Waals surface area contributed by atoms with Crippen LogP contribution in [-0.4, -0.2) is 31.1 Å². The molecule has 5 heteroatoms. The van der Waals surface area contributed by atoms with E-state index >= 15 is 0 Å². The second kappa shape index (κ2) is 8.04. The fourth-order valence-electron chi connectivity index (χ4n) is 1.89. The lowest BCUT2D eigenvalue weighted by molar-refractivity contribution is 0.152. The standard InChI is InChI=1S/C15H25F2N3/c1-11(2)20(3)9-5-4-8-19-14-7-6-12(18)10-13(14)15(16)17/h6-7,10-11,15,19H,4-5,8-9,18H2,1-3H3. The van der Waals surface area contributed by atoms with Gasteiger partial charge in [0.15, 0.2) is 0 Å². The molecule has 3 nitrogen and oxygen atoms in total. The number of anilines is 2. The highest BCUT2D eigenvalue weighted by atomic mass is 19.3. The van der Waals surface area contributed by atoms with E-state index in [0.717, 1.165) is 19.4 Å². The highest BCUT2D eigenvalue weighted by Gasteiger charge is 2.12. The molecule has 0 amide bonds. The molecule has 1 aromatic carbocycles. The first-order chi connectivity index (χ1) is 9.41. The van der Waals surface area contributed by atoms with Crippen molar-refractivity contribution in [2.24, 2.45) is 0 Å². The minimum absolute atomic E-state index is 0.0238. The molecular formula is C15H25F2N3. The Morgan fingerprint density at radius 3 is 2.55 bits per heavy atom. The maximum atomic E-state index is 12.9. The van der Waals surface area contributed by atoms with Crippen LogP contribution in [-0.2, 0) is 0 Å². The van der Waals surface area contributed by atoms with Crippen molar-refractivity contribution in [3.8, 4) is 0 Å². The van der Waals surface area contributed by atoms with E-state index in [-0.39, 0.29) is 5.56 Å². The Labute approximate surface area is 120 Å². The highest BCUT2D eigenvalue weighted by molar-refractivity contribution is 5.58. The molecule has 0 saturated carbocycles. The third kappa shape index (κ3) is 5.33. The Kier molecular flexibility index (Phi) is 6.71. The number of alkyl halides is 2. The Morgan fingerprint density at radius 2 is 1.95 bits per heavy atom. The molecule has 20 heavy (non-hydrogen) atoms. The lowest BCUT2D eigenvalue weighted by atomic mass is 10.1. The molecule has 0 unspecified atom stereocenters. The molecule has 0 fully saturated rings. The number of unbranched alkanes of at least 4 members (excludes halogenated alkanes) is 1. The van der Waals surface area contributed by atoms with Crippen molar-refractivity contribution >= 4 is 11.4 Å². The van der Waals surface area contributed by atoms with Gasteiger partial charge in [0.2, 0.25) is 0 Å². The van der Waals surface area contributed by atoms with Crippen molar-refractivity contribution in [2.45, 2.75) is 39.2 Å². The van der Waals surface area contributed by atoms with Crippen molar-refractivity contribution in [1.29, 1.82) is 0 Å². The summed E-state index contributed by atoms with van der Waals surface area (Å²) in [6, 6.07) is 5.13. The SMILES string of the molecule is CC(C)N(C)CCCCNc1ccc(N)cc1C(F)F. The van der Waals surface area contributed by atoms with Gasteiger partial charge >= 0.3 is 0 Å². The predicted octanol–water partition coefficient (Wildman–Crippen LogP) is 3.74. The second-order valence-electron chi connectivity index (χ2n) is 5.36. The average Bonchev–Trinajstić information content (AvgIpc) is 2.39. The maximum absolute atomic E-state index is 12.9. The molecule has 0 aromatic heterocycles. The van der Waals surface area contributed by atoms with E-state index in [4.69, 9.17) is 5.73 Å². The summed E-state index contributed by atoms with van der Waals surface area (Å²) in [7, 11) is 2.09. The Balaban J connectivity index is 2.39. The number of nitrogens with zero attached hydrogens (tertiary/aromatic N) is 1. The van der Waals surface area contributed by atoms with Gasteiger partial charge in [-0.1, -0.05) is 0 Å². The quantitative estimate of drug-likeness (QED) is 0.565. The van der Waals surface area contributed by atoms with E-state index < -0.39 is 6.43 Å². The van der Waals surface area contributed by atoms with Crippen LogP contribution in [0.5, 0.6) is 0 Å². The van der Waals surface area contributed by atoms with Crippen molar-refractivity contribution in [3.63, 3.8) is 0 Å². The van der Waals surface area contributed by atoms with E-state index in [1.165, 1.54) is 6.07 Å². The van der Waals surface area contributed by atoms with Crippen LogP contribution < -0.4 is 11.1 Å². The number of halogens is 2. The zero-order valence-corrected chi connectivity index (χ0v) is 12.5. The smallest absolute Gasteiger partial charge is 0.265 e. The lowest BCUT2D eigenvalue weighted by Crippen LogP contribution is -2.27. The van der Waals surface area contributed by atoms with E-state index in [1.807, 2.05) is 0 Å². The summed E-state index contributed by atoms with van der Waals surface area (Å²) in [5.74, 6) is 0. The summed E-state index contributed by atoms with van der Waals surface area (Å²) < 4.78 is 25.8. The van der Waals surface area contributed by atoms with Gasteiger partial charge in [-0.15, -0.1) is 0 Å². The minimum Gasteiger partial charge on any atom is -0.399 e. The molecule has 0 aliphatic rings. The largest absolute Gasteiger partial charge is 0.399 e. The van der Waals surface area contributed by atoms with Crippen molar-refractivity contribution < 1.29 is 8.78 Å². The summed E-state index contributed by atoms with van der Waals surface area (Å²) in [4.78, 5) is 2.27. The molecular weight excluding hydrogens is 260 g/mol. The lowest BCUT2D eigenvalue weighted by Gasteiger charge is -2.20. The number of hydrogen-bond donors (Lipinski definition) is 2. The Morgan fingerprint density at radius 1 is 1.25 bits per heavy atom. The summed E-state index contributed by atoms with van der Waals surface area (Å²) in [6.45, 7) is 6.02. The normalized spacial score (nSPS) is 11.6. The molecule has 0 aliphatic carbocycles. The van der Waals surface area contributed by atoms with E-state index in [1.54, 1.807) is 12.1 Å². The molecule has 0 aliphatic heterocycles. The zero-order valence-electron chi connectivity index (χ0n) is 12.5. The maximum Gasteiger partial charge on any atom is 0.265 e. The molecule has 0 heterocycles. The van der Waals surface area contributed by atoms with Gasteiger partial charge in [0.25, 0.3) is 6.43 Å². The van der Waals surface area contributed by atoms with Gasteiger partial charge in [0.05, 0.1) is 0 Å². The van der Waals surface area contributed by atoms with Crippen LogP contribution in [0.15, 0.2) is 18.2 Å². The van der Waals surface area contributed by atoms with Crippen LogP contribution in [0, 0.1) is 0 Å². The first-order valence-electron chi connectivity index (χ1n) is 7.03. The van der Waals surface area contributed by atoms with Gasteiger partial charge in [-0.3, -0.25) is 0 Å². The van der Waals surface area contributed by atoms with Crippen LogP contribution in [0.3, 0.4) is 0 Å². The number of nitrogens with one attached hydrogen (secondary N) is 1. The molecule has 0 bridgehead atoms. The number of hydrogen-bond acceptors (Lipinski definition) is 3. The number of nitrogens with two attached hydrogens (primary N) is 1. The number of nitrogen functional groups attached to an aromatic ring is 1. The third-order valence-corrected chi connectivity index (χ3v) is 3.45. The molecule has 1 aromatic rings. The second-order valence-corrected chi connectivity index (χ2v) is 5.36. The van der Waals surface area contributed by atoms with E-state index in [0.29, 0.717) is 24.0 Å². The van der Waals surface area contributed by atoms with Gasteiger partial charge in [0.1, 0.15) is 0 Å². The van der Waals surface area contributed by atoms with Crippen molar-refractivity contribution in [1.82, 2.24) is 4.90 Å². The minimum atomic E-state index is -2.51. The first kappa shape index (κ1) is 16.7. The zero-order chi connectivity index (χ0) is 15.1. The van der Waals surface area contributed by atoms with E-state index in [2.05, 4.69) is 31.1 Å². The summed E-state index contributed by atoms with van der Waals surface area (Å²) in [5, 5.41) is 3.07. The monoisotopic (exact) mass is 285 g/mol. The highest BCUT2D eigenvalue weighted by Crippen LogP contribution is 2.28. The van der Waals surface area contributed by atoms with Crippen molar-refractivity contribution in [2.75, 3.05) is 31.2 Å². The third-order valence-electron chi connectivity index (χ3n) is 3.45. The van der Waals surface area contributed by atoms with Crippen LogP contribution in [0.2, 0.25) is 0 Å². The van der Waals surface area contributed by atoms with Crippen LogP contribution in [0.4, 0.5) is 20.2 Å². The summed E-state index contributed by atoms with van der Waals surface area (Å²) in [6.07, 6.45) is -0.516. The van der Waals surface area contributed by atoms with E-state index in [9.17, 15) is 8.78 Å². The molecule has 0 radical (unpaired) electrons. The Bertz CT molecular complexity index is 408. The molecule has 0 atom stereocenters. The topological polar surface area (TPSA) is 41.3 Å². The fourth-order valence-corrected chi connectivity index (χ4v) is 1.89. The van der Waals surface area contributed by atoms with Crippen LogP contribution in [0.25, 0.3) is 0 Å². The van der Waals surface area contributed by atoms with Crippen LogP contribution in [0.1, 0.15) is 38.7 Å². The molecule has 1 rings (SSSR count). The van der Waals surface area contributed by atoms with Gasteiger partial charge in [0, 0.05) is 29.5 Å². The van der Waals surface area contributed by atoms with Crippen molar-refractivity contribution in [3.05, 3.63) is 23.8 Å². The average molecular weight is 285 g/mol. The Hall–Kier alpha value is -1.36. The molecule has 114 valence electrons. The molecule has 3 N–H and O–H groups in total. The van der Waals surface area contributed by atoms with Gasteiger partial charge in [-0.05, 0) is 58.5 Å². The summed E-state index contributed by atoms with van der Waals surface area (Å²) in [5.41, 5.74) is 6.36. The van der Waals surface area contributed by atoms with Crippen LogP contribution >= 0.6 is 0 Å². The number of rotatable bonds is 8. The molecule has 0 spiro atoms. The first-order valence-corrected chi connectivity index (χ1v) is 7.03. The number of benzene rings is 1. The van der Waals surface area contributed by atoms with Gasteiger partial charge in [-0.25, -0.2) is 8.78 Å². The fraction of sp³-hybridized carbons (Fsp3) is 0.600. The predicted molar refractivity (Wildman–Crippen MR) is 81.3 cm³/mol.